The lowest BCUT2D eigenvalue weighted by atomic mass is 9.80. The van der Waals surface area contributed by atoms with Crippen LogP contribution in [0.4, 0.5) is 0 Å². The zero-order chi connectivity index (χ0) is 14.3. The fourth-order valence-electron chi connectivity index (χ4n) is 3.41. The van der Waals surface area contributed by atoms with Crippen LogP contribution in [-0.4, -0.2) is 55.2 Å². The van der Waals surface area contributed by atoms with Crippen LogP contribution >= 0.6 is 0 Å². The third-order valence-corrected chi connectivity index (χ3v) is 6.27. The first kappa shape index (κ1) is 14.7. The summed E-state index contributed by atoms with van der Waals surface area (Å²) in [6.07, 6.45) is 3.63. The molecule has 2 saturated heterocycles. The van der Waals surface area contributed by atoms with Gasteiger partial charge in [0.2, 0.25) is 5.91 Å². The number of nitrogens with one attached hydrogen (secondary N) is 1. The molecule has 1 amide bonds. The van der Waals surface area contributed by atoms with E-state index in [4.69, 9.17) is 0 Å². The maximum atomic E-state index is 12.4. The molecule has 0 saturated carbocycles. The van der Waals surface area contributed by atoms with Gasteiger partial charge in [0.05, 0.1) is 5.54 Å². The number of amides is 1. The molecule has 0 aromatic rings. The minimum absolute atomic E-state index is 0.0440. The molecule has 2 heterocycles. The predicted molar refractivity (Wildman–Crippen MR) is 72.7 cm³/mol. The van der Waals surface area contributed by atoms with Gasteiger partial charge in [0.15, 0.2) is 0 Å². The Balaban J connectivity index is 2.34. The van der Waals surface area contributed by atoms with Crippen LogP contribution in [-0.2, 0) is 15.0 Å². The number of hydrogen-bond acceptors (Lipinski definition) is 3. The van der Waals surface area contributed by atoms with Crippen molar-refractivity contribution in [3.63, 3.8) is 0 Å². The SMILES string of the molecule is CC[C@H]1N(S(=O)(=O)N(C)C)CCC[C@]12CCC(=O)N2. The lowest BCUT2D eigenvalue weighted by molar-refractivity contribution is -0.120. The van der Waals surface area contributed by atoms with E-state index in [2.05, 4.69) is 5.32 Å². The standard InChI is InChI=1S/C12H23N3O3S/c1-4-10-12(8-6-11(16)13-12)7-5-9-15(10)19(17,18)14(2)3/h10H,4-9H2,1-3H3,(H,13,16)/t10-,12+/m1/s1. The first-order chi connectivity index (χ1) is 8.83. The van der Waals surface area contributed by atoms with Crippen molar-refractivity contribution in [1.82, 2.24) is 13.9 Å². The van der Waals surface area contributed by atoms with Crippen molar-refractivity contribution in [2.45, 2.75) is 50.6 Å². The summed E-state index contributed by atoms with van der Waals surface area (Å²) in [7, 11) is -0.322. The van der Waals surface area contributed by atoms with Gasteiger partial charge in [-0.1, -0.05) is 6.92 Å². The Hall–Kier alpha value is -0.660. The maximum Gasteiger partial charge on any atom is 0.281 e. The van der Waals surface area contributed by atoms with Crippen LogP contribution in [0, 0.1) is 0 Å². The molecule has 1 N–H and O–H groups in total. The van der Waals surface area contributed by atoms with Gasteiger partial charge in [-0.3, -0.25) is 4.79 Å². The van der Waals surface area contributed by atoms with Crippen LogP contribution in [0.2, 0.25) is 0 Å². The summed E-state index contributed by atoms with van der Waals surface area (Å²) in [5.74, 6) is 0.0440. The minimum atomic E-state index is -3.43. The van der Waals surface area contributed by atoms with E-state index in [0.717, 1.165) is 19.3 Å². The third kappa shape index (κ3) is 2.39. The average Bonchev–Trinajstić information content (AvgIpc) is 2.70. The van der Waals surface area contributed by atoms with Crippen LogP contribution in [0.3, 0.4) is 0 Å². The highest BCUT2D eigenvalue weighted by Gasteiger charge is 2.51. The van der Waals surface area contributed by atoms with Crippen molar-refractivity contribution in [3.05, 3.63) is 0 Å². The molecular weight excluding hydrogens is 266 g/mol. The van der Waals surface area contributed by atoms with Crippen LogP contribution in [0.1, 0.15) is 39.0 Å². The monoisotopic (exact) mass is 289 g/mol. The Morgan fingerprint density at radius 3 is 2.58 bits per heavy atom. The Morgan fingerprint density at radius 2 is 2.11 bits per heavy atom. The largest absolute Gasteiger partial charge is 0.349 e. The fraction of sp³-hybridized carbons (Fsp3) is 0.917. The lowest BCUT2D eigenvalue weighted by Gasteiger charge is -2.47. The summed E-state index contributed by atoms with van der Waals surface area (Å²) >= 11 is 0. The molecule has 6 nitrogen and oxygen atoms in total. The van der Waals surface area contributed by atoms with Gasteiger partial charge in [-0.15, -0.1) is 0 Å². The average molecular weight is 289 g/mol. The van der Waals surface area contributed by atoms with Crippen molar-refractivity contribution in [2.24, 2.45) is 0 Å². The number of rotatable bonds is 3. The molecule has 110 valence electrons. The number of piperidine rings is 1. The maximum absolute atomic E-state index is 12.4. The molecule has 2 aliphatic rings. The molecule has 2 atom stereocenters. The Labute approximate surface area is 115 Å². The molecule has 0 aromatic heterocycles. The van der Waals surface area contributed by atoms with Gasteiger partial charge >= 0.3 is 0 Å². The quantitative estimate of drug-likeness (QED) is 0.813. The highest BCUT2D eigenvalue weighted by molar-refractivity contribution is 7.86. The van der Waals surface area contributed by atoms with Gasteiger partial charge in [-0.05, 0) is 25.7 Å². The van der Waals surface area contributed by atoms with Crippen molar-refractivity contribution >= 4 is 16.1 Å². The molecule has 2 aliphatic heterocycles. The summed E-state index contributed by atoms with van der Waals surface area (Å²) in [5.41, 5.74) is -0.354. The van der Waals surface area contributed by atoms with Crippen LogP contribution in [0.15, 0.2) is 0 Å². The minimum Gasteiger partial charge on any atom is -0.349 e. The van der Waals surface area contributed by atoms with Gasteiger partial charge in [-0.25, -0.2) is 0 Å². The number of hydrogen-bond donors (Lipinski definition) is 1. The molecule has 0 aromatic carbocycles. The summed E-state index contributed by atoms with van der Waals surface area (Å²) in [5, 5.41) is 3.05. The molecule has 7 heteroatoms. The van der Waals surface area contributed by atoms with E-state index in [1.807, 2.05) is 6.92 Å². The van der Waals surface area contributed by atoms with Crippen molar-refractivity contribution < 1.29 is 13.2 Å². The Bertz CT molecular complexity index is 463. The van der Waals surface area contributed by atoms with Crippen LogP contribution in [0.5, 0.6) is 0 Å². The van der Waals surface area contributed by atoms with Crippen LogP contribution in [0.25, 0.3) is 0 Å². The first-order valence-electron chi connectivity index (χ1n) is 6.84. The smallest absolute Gasteiger partial charge is 0.281 e. The number of carbonyl (C=O) groups excluding carboxylic acids is 1. The highest BCUT2D eigenvalue weighted by atomic mass is 32.2. The molecule has 19 heavy (non-hydrogen) atoms. The van der Waals surface area contributed by atoms with Crippen LogP contribution < -0.4 is 5.32 Å². The van der Waals surface area contributed by atoms with Gasteiger partial charge < -0.3 is 5.32 Å². The fourth-order valence-corrected chi connectivity index (χ4v) is 4.86. The summed E-state index contributed by atoms with van der Waals surface area (Å²) < 4.78 is 27.7. The summed E-state index contributed by atoms with van der Waals surface area (Å²) in [6.45, 7) is 2.52. The molecule has 0 unspecified atom stereocenters. The van der Waals surface area contributed by atoms with Crippen molar-refractivity contribution in [1.29, 1.82) is 0 Å². The molecular formula is C12H23N3O3S. The molecule has 0 bridgehead atoms. The number of nitrogens with zero attached hydrogens (tertiary/aromatic N) is 2. The molecule has 2 fully saturated rings. The number of carbonyl (C=O) groups is 1. The summed E-state index contributed by atoms with van der Waals surface area (Å²) in [4.78, 5) is 11.6. The first-order valence-corrected chi connectivity index (χ1v) is 8.23. The second-order valence-corrected chi connectivity index (χ2v) is 7.73. The van der Waals surface area contributed by atoms with E-state index in [1.54, 1.807) is 18.4 Å². The Kier molecular flexibility index (Phi) is 3.90. The predicted octanol–water partition coefficient (Wildman–Crippen LogP) is 0.316. The lowest BCUT2D eigenvalue weighted by Crippen LogP contribution is -2.64. The molecule has 0 aliphatic carbocycles. The third-order valence-electron chi connectivity index (χ3n) is 4.32. The van der Waals surface area contributed by atoms with E-state index < -0.39 is 10.2 Å². The molecule has 1 spiro atoms. The summed E-state index contributed by atoms with van der Waals surface area (Å²) in [6, 6.07) is -0.139. The van der Waals surface area contributed by atoms with E-state index in [-0.39, 0.29) is 17.5 Å². The second kappa shape index (κ2) is 5.03. The van der Waals surface area contributed by atoms with E-state index in [0.29, 0.717) is 19.4 Å². The van der Waals surface area contributed by atoms with Gasteiger partial charge in [0.25, 0.3) is 10.2 Å². The van der Waals surface area contributed by atoms with Crippen molar-refractivity contribution in [2.75, 3.05) is 20.6 Å². The molecule has 2 rings (SSSR count). The normalized spacial score (nSPS) is 33.1. The van der Waals surface area contributed by atoms with E-state index in [1.165, 1.54) is 4.31 Å². The Morgan fingerprint density at radius 1 is 1.42 bits per heavy atom. The zero-order valence-corrected chi connectivity index (χ0v) is 12.7. The topological polar surface area (TPSA) is 69.7 Å². The van der Waals surface area contributed by atoms with E-state index >= 15 is 0 Å². The zero-order valence-electron chi connectivity index (χ0n) is 11.8. The van der Waals surface area contributed by atoms with Crippen molar-refractivity contribution in [3.8, 4) is 0 Å². The van der Waals surface area contributed by atoms with Gasteiger partial charge in [0.1, 0.15) is 0 Å². The molecule has 0 radical (unpaired) electrons. The van der Waals surface area contributed by atoms with Gasteiger partial charge in [0, 0.05) is 33.1 Å². The van der Waals surface area contributed by atoms with E-state index in [9.17, 15) is 13.2 Å². The van der Waals surface area contributed by atoms with Gasteiger partial charge in [-0.2, -0.15) is 17.0 Å². The second-order valence-electron chi connectivity index (χ2n) is 5.63. The highest BCUT2D eigenvalue weighted by Crippen LogP contribution is 2.38.